The monoisotopic (exact) mass is 609 g/mol. The van der Waals surface area contributed by atoms with E-state index in [1.807, 2.05) is 72.2 Å². The lowest BCUT2D eigenvalue weighted by molar-refractivity contribution is -0.113. The summed E-state index contributed by atoms with van der Waals surface area (Å²) in [4.78, 5) is 13.1. The van der Waals surface area contributed by atoms with Crippen molar-refractivity contribution in [3.05, 3.63) is 115 Å². The second-order valence-corrected chi connectivity index (χ2v) is 12.4. The first-order valence-electron chi connectivity index (χ1n) is 13.4. The predicted octanol–water partition coefficient (Wildman–Crippen LogP) is 6.17. The second kappa shape index (κ2) is 11.8. The van der Waals surface area contributed by atoms with E-state index in [9.17, 15) is 13.2 Å². The molecule has 216 valence electrons. The Labute approximate surface area is 253 Å². The van der Waals surface area contributed by atoms with Gasteiger partial charge in [-0.1, -0.05) is 66.4 Å². The van der Waals surface area contributed by atoms with Gasteiger partial charge < -0.3 is 10.1 Å². The molecule has 0 atom stereocenters. The molecule has 0 unspecified atom stereocenters. The maximum atomic E-state index is 13.7. The van der Waals surface area contributed by atoms with E-state index >= 15 is 0 Å². The summed E-state index contributed by atoms with van der Waals surface area (Å²) in [5, 5.41) is 13.1. The van der Waals surface area contributed by atoms with E-state index in [2.05, 4.69) is 15.5 Å². The number of thioether (sulfide) groups is 1. The van der Waals surface area contributed by atoms with Gasteiger partial charge in [-0.15, -0.1) is 10.2 Å². The maximum Gasteiger partial charge on any atom is 0.268 e. The zero-order valence-corrected chi connectivity index (χ0v) is 25.0. The van der Waals surface area contributed by atoms with Gasteiger partial charge in [0.2, 0.25) is 5.91 Å². The summed E-state index contributed by atoms with van der Waals surface area (Å²) in [6.45, 7) is 1.93. The van der Waals surface area contributed by atoms with Crippen molar-refractivity contribution in [1.82, 2.24) is 18.7 Å². The third-order valence-corrected chi connectivity index (χ3v) is 9.55. The van der Waals surface area contributed by atoms with E-state index in [1.54, 1.807) is 55.8 Å². The van der Waals surface area contributed by atoms with Crippen LogP contribution in [0.3, 0.4) is 0 Å². The van der Waals surface area contributed by atoms with Gasteiger partial charge in [0.25, 0.3) is 10.0 Å². The van der Waals surface area contributed by atoms with Crippen LogP contribution in [0.4, 0.5) is 5.69 Å². The number of carbonyl (C=O) groups is 1. The molecular weight excluding hydrogens is 583 g/mol. The quantitative estimate of drug-likeness (QED) is 0.195. The number of benzene rings is 4. The van der Waals surface area contributed by atoms with Gasteiger partial charge in [0.1, 0.15) is 5.75 Å². The Balaban J connectivity index is 1.44. The van der Waals surface area contributed by atoms with Gasteiger partial charge in [-0.25, -0.2) is 12.4 Å². The average molecular weight is 610 g/mol. The highest BCUT2D eigenvalue weighted by Gasteiger charge is 2.25. The van der Waals surface area contributed by atoms with Crippen LogP contribution in [-0.2, 0) is 14.8 Å². The first kappa shape index (κ1) is 28.3. The van der Waals surface area contributed by atoms with E-state index in [0.717, 1.165) is 16.9 Å². The molecule has 6 rings (SSSR count). The predicted molar refractivity (Wildman–Crippen MR) is 168 cm³/mol. The number of aromatic nitrogens is 4. The molecule has 2 heterocycles. The van der Waals surface area contributed by atoms with Crippen LogP contribution in [0.5, 0.6) is 5.75 Å². The Kier molecular flexibility index (Phi) is 7.75. The molecule has 0 aliphatic carbocycles. The Hall–Kier alpha value is -4.87. The minimum absolute atomic E-state index is 0.0900. The van der Waals surface area contributed by atoms with Crippen LogP contribution in [0, 0.1) is 6.92 Å². The van der Waals surface area contributed by atoms with Crippen LogP contribution in [0.1, 0.15) is 5.56 Å². The summed E-state index contributed by atoms with van der Waals surface area (Å²) in [6.07, 6.45) is 1.58. The summed E-state index contributed by atoms with van der Waals surface area (Å²) in [5.41, 5.74) is 3.53. The van der Waals surface area contributed by atoms with Crippen molar-refractivity contribution in [3.63, 3.8) is 0 Å². The molecule has 4 aromatic carbocycles. The number of carbonyl (C=O) groups excluding carboxylic acids is 1. The molecule has 6 aromatic rings. The number of rotatable bonds is 9. The normalized spacial score (nSPS) is 11.5. The van der Waals surface area contributed by atoms with Gasteiger partial charge in [0, 0.05) is 28.5 Å². The topological polar surface area (TPSA) is 108 Å². The molecule has 0 radical (unpaired) electrons. The molecule has 11 heteroatoms. The van der Waals surface area contributed by atoms with Crippen LogP contribution in [0.2, 0.25) is 0 Å². The molecule has 43 heavy (non-hydrogen) atoms. The Morgan fingerprint density at radius 3 is 2.33 bits per heavy atom. The highest BCUT2D eigenvalue weighted by atomic mass is 32.2. The number of anilines is 1. The van der Waals surface area contributed by atoms with E-state index in [-0.39, 0.29) is 16.6 Å². The average Bonchev–Trinajstić information content (AvgIpc) is 3.64. The maximum absolute atomic E-state index is 13.7. The lowest BCUT2D eigenvalue weighted by Crippen LogP contribution is -2.15. The third kappa shape index (κ3) is 5.52. The van der Waals surface area contributed by atoms with Crippen molar-refractivity contribution in [3.8, 4) is 22.8 Å². The number of nitrogens with zero attached hydrogens (tertiary/aromatic N) is 4. The molecule has 1 N–H and O–H groups in total. The Morgan fingerprint density at radius 2 is 1.58 bits per heavy atom. The Morgan fingerprint density at radius 1 is 0.884 bits per heavy atom. The largest absolute Gasteiger partial charge is 0.497 e. The second-order valence-electron chi connectivity index (χ2n) is 9.67. The van der Waals surface area contributed by atoms with E-state index < -0.39 is 10.0 Å². The van der Waals surface area contributed by atoms with Crippen LogP contribution >= 0.6 is 11.8 Å². The molecule has 9 nitrogen and oxygen atoms in total. The number of aryl methyl sites for hydroxylation is 1. The fourth-order valence-corrected chi connectivity index (χ4v) is 6.91. The summed E-state index contributed by atoms with van der Waals surface area (Å²) in [7, 11) is -2.31. The smallest absolute Gasteiger partial charge is 0.268 e. The summed E-state index contributed by atoms with van der Waals surface area (Å²) >= 11 is 1.24. The van der Waals surface area contributed by atoms with Gasteiger partial charge in [0.05, 0.1) is 23.3 Å². The highest BCUT2D eigenvalue weighted by molar-refractivity contribution is 7.99. The minimum Gasteiger partial charge on any atom is -0.497 e. The SMILES string of the molecule is COc1ccc(-n2c(SCC(=O)Nc3ccccc3C)nnc2-c2cn(S(=O)(=O)c3ccccc3)c3ccccc23)cc1. The number of methoxy groups -OCH3 is 1. The summed E-state index contributed by atoms with van der Waals surface area (Å²) in [6, 6.07) is 30.5. The van der Waals surface area contributed by atoms with Crippen LogP contribution < -0.4 is 10.1 Å². The molecule has 1 amide bonds. The zero-order valence-electron chi connectivity index (χ0n) is 23.3. The molecule has 2 aromatic heterocycles. The van der Waals surface area contributed by atoms with Crippen molar-refractivity contribution >= 4 is 44.3 Å². The van der Waals surface area contributed by atoms with Gasteiger partial charge in [-0.3, -0.25) is 9.36 Å². The van der Waals surface area contributed by atoms with Gasteiger partial charge in [-0.05, 0) is 61.0 Å². The zero-order chi connectivity index (χ0) is 30.0. The van der Waals surface area contributed by atoms with Gasteiger partial charge >= 0.3 is 0 Å². The Bertz CT molecular complexity index is 2040. The fraction of sp³-hybridized carbons (Fsp3) is 0.0938. The molecule has 0 spiro atoms. The number of hydrogen-bond acceptors (Lipinski definition) is 7. The first-order chi connectivity index (χ1) is 20.9. The molecule has 0 fully saturated rings. The van der Waals surface area contributed by atoms with E-state index in [1.165, 1.54) is 15.7 Å². The first-order valence-corrected chi connectivity index (χ1v) is 15.8. The number of ether oxygens (including phenoxy) is 1. The lowest BCUT2D eigenvalue weighted by Gasteiger charge is -2.11. The van der Waals surface area contributed by atoms with E-state index in [4.69, 9.17) is 4.74 Å². The van der Waals surface area contributed by atoms with Crippen LogP contribution in [-0.4, -0.2) is 45.9 Å². The molecule has 0 saturated heterocycles. The van der Waals surface area contributed by atoms with Crippen LogP contribution in [0.15, 0.2) is 119 Å². The van der Waals surface area contributed by atoms with E-state index in [0.29, 0.717) is 33.2 Å². The third-order valence-electron chi connectivity index (χ3n) is 6.93. The standard InChI is InChI=1S/C32H27N5O4S2/c1-22-10-6-8-14-28(22)33-30(38)21-42-32-35-34-31(37(32)23-16-18-24(41-2)19-17-23)27-20-36(29-15-9-7-13-26(27)29)43(39,40)25-11-4-3-5-12-25/h3-20H,21H2,1-2H3,(H,33,38). The van der Waals surface area contributed by atoms with Crippen molar-refractivity contribution < 1.29 is 17.9 Å². The molecular formula is C32H27N5O4S2. The number of hydrogen-bond donors (Lipinski definition) is 1. The molecule has 0 saturated carbocycles. The van der Waals surface area contributed by atoms with Gasteiger partial charge in [0.15, 0.2) is 11.0 Å². The molecule has 0 aliphatic heterocycles. The van der Waals surface area contributed by atoms with Gasteiger partial charge in [-0.2, -0.15) is 0 Å². The van der Waals surface area contributed by atoms with Crippen molar-refractivity contribution in [1.29, 1.82) is 0 Å². The number of fused-ring (bicyclic) bond motifs is 1. The van der Waals surface area contributed by atoms with Crippen molar-refractivity contribution in [2.45, 2.75) is 17.0 Å². The molecule has 0 aliphatic rings. The minimum atomic E-state index is -3.90. The summed E-state index contributed by atoms with van der Waals surface area (Å²) in [5.74, 6) is 1.02. The van der Waals surface area contributed by atoms with Crippen LogP contribution in [0.25, 0.3) is 28.0 Å². The number of amides is 1. The highest BCUT2D eigenvalue weighted by Crippen LogP contribution is 2.35. The number of para-hydroxylation sites is 2. The fourth-order valence-electron chi connectivity index (χ4n) is 4.76. The van der Waals surface area contributed by atoms with Crippen molar-refractivity contribution in [2.24, 2.45) is 0 Å². The number of nitrogens with one attached hydrogen (secondary N) is 1. The summed E-state index contributed by atoms with van der Waals surface area (Å²) < 4.78 is 35.9. The lowest BCUT2D eigenvalue weighted by atomic mass is 10.1. The van der Waals surface area contributed by atoms with Crippen molar-refractivity contribution in [2.75, 3.05) is 18.2 Å². The molecule has 0 bridgehead atoms.